The lowest BCUT2D eigenvalue weighted by atomic mass is 9.57. The molecule has 4 aliphatic carbocycles. The van der Waals surface area contributed by atoms with Crippen molar-refractivity contribution in [3.63, 3.8) is 0 Å². The summed E-state index contributed by atoms with van der Waals surface area (Å²) in [5.74, 6) is 6.28. The van der Waals surface area contributed by atoms with Crippen LogP contribution in [0.1, 0.15) is 25.7 Å². The Kier molecular flexibility index (Phi) is 1.40. The summed E-state index contributed by atoms with van der Waals surface area (Å²) in [5.41, 5.74) is 0. The van der Waals surface area contributed by atoms with Gasteiger partial charge in [0, 0.05) is 0 Å². The first kappa shape index (κ1) is 7.73. The molecule has 0 saturated heterocycles. The van der Waals surface area contributed by atoms with E-state index >= 15 is 0 Å². The van der Waals surface area contributed by atoms with Crippen LogP contribution in [0.5, 0.6) is 0 Å². The van der Waals surface area contributed by atoms with E-state index in [2.05, 4.69) is 24.3 Å². The van der Waals surface area contributed by atoms with E-state index < -0.39 is 0 Å². The summed E-state index contributed by atoms with van der Waals surface area (Å²) in [5, 5.41) is 0. The maximum absolute atomic E-state index is 2.51. The maximum Gasteiger partial charge on any atom is -0.0133 e. The molecule has 0 radical (unpaired) electrons. The first-order chi connectivity index (χ1) is 6.95. The van der Waals surface area contributed by atoms with E-state index in [1.165, 1.54) is 12.8 Å². The van der Waals surface area contributed by atoms with Crippen LogP contribution in [-0.2, 0) is 0 Å². The Balaban J connectivity index is 1.74. The fourth-order valence-electron chi connectivity index (χ4n) is 4.96. The molecule has 0 heteroatoms. The molecular weight excluding hydrogens is 168 g/mol. The van der Waals surface area contributed by atoms with E-state index in [-0.39, 0.29) is 0 Å². The van der Waals surface area contributed by atoms with Crippen molar-refractivity contribution >= 4 is 0 Å². The number of fused-ring (bicyclic) bond motifs is 3. The molecule has 4 aliphatic rings. The smallest absolute Gasteiger partial charge is 0.0133 e. The predicted octanol–water partition coefficient (Wildman–Crippen LogP) is 3.41. The topological polar surface area (TPSA) is 0 Å². The molecule has 0 aromatic rings. The summed E-state index contributed by atoms with van der Waals surface area (Å²) < 4.78 is 0. The van der Waals surface area contributed by atoms with Gasteiger partial charge in [-0.05, 0) is 48.3 Å². The molecule has 0 nitrogen and oxygen atoms in total. The van der Waals surface area contributed by atoms with E-state index in [1.807, 2.05) is 0 Å². The normalized spacial score (nSPS) is 57.7. The Morgan fingerprint density at radius 2 is 1.64 bits per heavy atom. The quantitative estimate of drug-likeness (QED) is 0.544. The Morgan fingerprint density at radius 3 is 2.50 bits per heavy atom. The van der Waals surface area contributed by atoms with Crippen molar-refractivity contribution in [1.29, 1.82) is 0 Å². The molecule has 6 atom stereocenters. The third-order valence-corrected chi connectivity index (χ3v) is 5.43. The average Bonchev–Trinajstić information content (AvgIpc) is 2.49. The van der Waals surface area contributed by atoms with Gasteiger partial charge in [-0.25, -0.2) is 0 Å². The standard InChI is InChI=1S/C14H18/c1-2-6-11-10(5-1)12-7-3-4-9-8-13(11)14(9)12/h1-2,5-6,9-14H,3-4,7-8H2/t9?,10-,11-,12-,13+,14+/m1/s1. The molecular formula is C14H18. The van der Waals surface area contributed by atoms with Gasteiger partial charge in [0.1, 0.15) is 0 Å². The van der Waals surface area contributed by atoms with E-state index in [9.17, 15) is 0 Å². The van der Waals surface area contributed by atoms with Gasteiger partial charge < -0.3 is 0 Å². The largest absolute Gasteiger partial charge is 0.0805 e. The molecule has 14 heavy (non-hydrogen) atoms. The summed E-state index contributed by atoms with van der Waals surface area (Å²) >= 11 is 0. The summed E-state index contributed by atoms with van der Waals surface area (Å²) in [6.07, 6.45) is 15.7. The molecule has 0 aromatic carbocycles. The summed E-state index contributed by atoms with van der Waals surface area (Å²) in [6.45, 7) is 0. The van der Waals surface area contributed by atoms with Crippen molar-refractivity contribution in [1.82, 2.24) is 0 Å². The van der Waals surface area contributed by atoms with Gasteiger partial charge >= 0.3 is 0 Å². The Bertz CT molecular complexity index is 312. The highest BCUT2D eigenvalue weighted by Gasteiger charge is 2.58. The van der Waals surface area contributed by atoms with Crippen LogP contribution in [0.4, 0.5) is 0 Å². The molecule has 0 aromatic heterocycles. The lowest BCUT2D eigenvalue weighted by molar-refractivity contribution is 0.0186. The Hall–Kier alpha value is -0.520. The monoisotopic (exact) mass is 186 g/mol. The number of rotatable bonds is 0. The fraction of sp³-hybridized carbons (Fsp3) is 0.714. The van der Waals surface area contributed by atoms with Crippen LogP contribution >= 0.6 is 0 Å². The second kappa shape index (κ2) is 2.53. The zero-order chi connectivity index (χ0) is 9.12. The predicted molar refractivity (Wildman–Crippen MR) is 57.7 cm³/mol. The molecule has 0 heterocycles. The van der Waals surface area contributed by atoms with Crippen LogP contribution in [0.2, 0.25) is 0 Å². The summed E-state index contributed by atoms with van der Waals surface area (Å²) in [6, 6.07) is 0. The zero-order valence-corrected chi connectivity index (χ0v) is 8.60. The maximum atomic E-state index is 2.51. The van der Waals surface area contributed by atoms with Crippen LogP contribution in [0.15, 0.2) is 24.3 Å². The molecule has 0 bridgehead atoms. The van der Waals surface area contributed by atoms with Crippen molar-refractivity contribution in [3.05, 3.63) is 24.3 Å². The van der Waals surface area contributed by atoms with Crippen molar-refractivity contribution in [2.45, 2.75) is 25.7 Å². The van der Waals surface area contributed by atoms with Gasteiger partial charge in [0.25, 0.3) is 0 Å². The van der Waals surface area contributed by atoms with Crippen LogP contribution < -0.4 is 0 Å². The van der Waals surface area contributed by atoms with E-state index in [1.54, 1.807) is 12.8 Å². The van der Waals surface area contributed by atoms with Gasteiger partial charge in [0.15, 0.2) is 0 Å². The number of hydrogen-bond acceptors (Lipinski definition) is 0. The molecule has 3 fully saturated rings. The van der Waals surface area contributed by atoms with Gasteiger partial charge in [-0.1, -0.05) is 37.1 Å². The summed E-state index contributed by atoms with van der Waals surface area (Å²) in [7, 11) is 0. The van der Waals surface area contributed by atoms with Gasteiger partial charge in [0.2, 0.25) is 0 Å². The molecule has 4 rings (SSSR count). The minimum absolute atomic E-state index is 0.931. The molecule has 0 N–H and O–H groups in total. The Labute approximate surface area is 86.1 Å². The highest BCUT2D eigenvalue weighted by Crippen LogP contribution is 2.65. The second-order valence-electron chi connectivity index (χ2n) is 5.76. The first-order valence-corrected chi connectivity index (χ1v) is 6.30. The zero-order valence-electron chi connectivity index (χ0n) is 8.60. The minimum Gasteiger partial charge on any atom is -0.0805 e. The highest BCUT2D eigenvalue weighted by atomic mass is 14.6. The van der Waals surface area contributed by atoms with Crippen molar-refractivity contribution in [3.8, 4) is 0 Å². The molecule has 0 spiro atoms. The third kappa shape index (κ3) is 0.769. The summed E-state index contributed by atoms with van der Waals surface area (Å²) in [4.78, 5) is 0. The lowest BCUT2D eigenvalue weighted by Gasteiger charge is -2.47. The van der Waals surface area contributed by atoms with Crippen LogP contribution in [-0.4, -0.2) is 0 Å². The fourth-order valence-corrected chi connectivity index (χ4v) is 4.96. The van der Waals surface area contributed by atoms with Crippen molar-refractivity contribution < 1.29 is 0 Å². The second-order valence-corrected chi connectivity index (χ2v) is 5.76. The van der Waals surface area contributed by atoms with Crippen LogP contribution in [0.3, 0.4) is 0 Å². The molecule has 0 amide bonds. The van der Waals surface area contributed by atoms with E-state index in [0.29, 0.717) is 0 Å². The first-order valence-electron chi connectivity index (χ1n) is 6.30. The van der Waals surface area contributed by atoms with Crippen LogP contribution in [0, 0.1) is 35.5 Å². The SMILES string of the molecule is C1=C[C@@H]2[C@@H](C=C1)[C@@H]1CC3CCC[C@H]2[C@H]31. The molecule has 74 valence electrons. The number of allylic oxidation sites excluding steroid dienone is 4. The highest BCUT2D eigenvalue weighted by molar-refractivity contribution is 5.23. The Morgan fingerprint density at radius 1 is 0.857 bits per heavy atom. The van der Waals surface area contributed by atoms with E-state index in [4.69, 9.17) is 0 Å². The number of hydrogen-bond donors (Lipinski definition) is 0. The van der Waals surface area contributed by atoms with Crippen molar-refractivity contribution in [2.24, 2.45) is 35.5 Å². The van der Waals surface area contributed by atoms with E-state index in [0.717, 1.165) is 35.5 Å². The van der Waals surface area contributed by atoms with Gasteiger partial charge in [-0.15, -0.1) is 0 Å². The third-order valence-electron chi connectivity index (χ3n) is 5.43. The molecule has 0 aliphatic heterocycles. The molecule has 3 saturated carbocycles. The van der Waals surface area contributed by atoms with Gasteiger partial charge in [-0.2, -0.15) is 0 Å². The minimum atomic E-state index is 0.931. The van der Waals surface area contributed by atoms with Gasteiger partial charge in [-0.3, -0.25) is 0 Å². The average molecular weight is 186 g/mol. The lowest BCUT2D eigenvalue weighted by Crippen LogP contribution is -2.40. The van der Waals surface area contributed by atoms with Crippen molar-refractivity contribution in [2.75, 3.05) is 0 Å². The van der Waals surface area contributed by atoms with Crippen LogP contribution in [0.25, 0.3) is 0 Å². The van der Waals surface area contributed by atoms with Gasteiger partial charge in [0.05, 0.1) is 0 Å². The molecule has 1 unspecified atom stereocenters.